The molecule has 24 heavy (non-hydrogen) atoms. The highest BCUT2D eigenvalue weighted by Crippen LogP contribution is 2.13. The third-order valence-corrected chi connectivity index (χ3v) is 3.71. The first-order valence-corrected chi connectivity index (χ1v) is 7.95. The molecule has 2 aromatic rings. The molecular weight excluding hydrogens is 307 g/mol. The number of hydrogen-bond acceptors (Lipinski definition) is 2. The Morgan fingerprint density at radius 1 is 1.17 bits per heavy atom. The first-order chi connectivity index (χ1) is 11.6. The highest BCUT2D eigenvalue weighted by atomic mass is 19.1. The largest absolute Gasteiger partial charge is 0.497 e. The highest BCUT2D eigenvalue weighted by Gasteiger charge is 2.08. The SMILES string of the molecule is COc1cccc(CN(C)C(=O)NCCCc2cccc(F)c2)c1. The van der Waals surface area contributed by atoms with Crippen LogP contribution in [0.25, 0.3) is 0 Å². The van der Waals surface area contributed by atoms with Crippen molar-refractivity contribution >= 4 is 6.03 Å². The maximum Gasteiger partial charge on any atom is 0.317 e. The van der Waals surface area contributed by atoms with E-state index in [0.29, 0.717) is 13.1 Å². The Bertz CT molecular complexity index is 676. The van der Waals surface area contributed by atoms with E-state index in [1.54, 1.807) is 25.1 Å². The zero-order valence-electron chi connectivity index (χ0n) is 14.1. The molecule has 0 saturated heterocycles. The van der Waals surface area contributed by atoms with Crippen molar-refractivity contribution in [3.05, 3.63) is 65.5 Å². The molecule has 4 nitrogen and oxygen atoms in total. The number of carbonyl (C=O) groups is 1. The van der Waals surface area contributed by atoms with Crippen molar-refractivity contribution in [2.75, 3.05) is 20.7 Å². The summed E-state index contributed by atoms with van der Waals surface area (Å²) < 4.78 is 18.3. The number of carbonyl (C=O) groups excluding carboxylic acids is 1. The number of aryl methyl sites for hydroxylation is 1. The number of benzene rings is 2. The number of nitrogens with one attached hydrogen (secondary N) is 1. The minimum absolute atomic E-state index is 0.128. The molecule has 1 N–H and O–H groups in total. The van der Waals surface area contributed by atoms with Crippen LogP contribution in [0, 0.1) is 5.82 Å². The molecule has 0 radical (unpaired) electrons. The van der Waals surface area contributed by atoms with Gasteiger partial charge in [-0.05, 0) is 48.2 Å². The van der Waals surface area contributed by atoms with E-state index in [9.17, 15) is 9.18 Å². The second-order valence-electron chi connectivity index (χ2n) is 5.67. The standard InChI is InChI=1S/C19H23FN2O2/c1-22(14-16-7-4-10-18(13-16)24-2)19(23)21-11-5-8-15-6-3-9-17(20)12-15/h3-4,6-7,9-10,12-13H,5,8,11,14H2,1-2H3,(H,21,23). The molecule has 0 aliphatic heterocycles. The molecule has 128 valence electrons. The molecule has 0 unspecified atom stereocenters. The van der Waals surface area contributed by atoms with Crippen molar-refractivity contribution in [1.29, 1.82) is 0 Å². The molecule has 2 rings (SSSR count). The van der Waals surface area contributed by atoms with Crippen molar-refractivity contribution in [3.8, 4) is 5.75 Å². The normalized spacial score (nSPS) is 10.3. The number of urea groups is 1. The minimum atomic E-state index is -0.227. The van der Waals surface area contributed by atoms with Crippen molar-refractivity contribution in [1.82, 2.24) is 10.2 Å². The van der Waals surface area contributed by atoms with Crippen molar-refractivity contribution < 1.29 is 13.9 Å². The molecule has 0 aliphatic carbocycles. The van der Waals surface area contributed by atoms with Crippen LogP contribution in [0.15, 0.2) is 48.5 Å². The van der Waals surface area contributed by atoms with Crippen molar-refractivity contribution in [3.63, 3.8) is 0 Å². The first kappa shape index (κ1) is 17.8. The fourth-order valence-corrected chi connectivity index (χ4v) is 2.43. The van der Waals surface area contributed by atoms with Gasteiger partial charge in [-0.25, -0.2) is 9.18 Å². The molecule has 0 bridgehead atoms. The summed E-state index contributed by atoms with van der Waals surface area (Å²) in [7, 11) is 3.37. The van der Waals surface area contributed by atoms with Gasteiger partial charge in [-0.15, -0.1) is 0 Å². The Morgan fingerprint density at radius 2 is 1.92 bits per heavy atom. The van der Waals surface area contributed by atoms with Gasteiger partial charge < -0.3 is 15.0 Å². The maximum absolute atomic E-state index is 13.1. The lowest BCUT2D eigenvalue weighted by atomic mass is 10.1. The van der Waals surface area contributed by atoms with Crippen LogP contribution in [-0.4, -0.2) is 31.6 Å². The molecule has 0 spiro atoms. The molecule has 0 atom stereocenters. The van der Waals surface area contributed by atoms with Crippen molar-refractivity contribution in [2.24, 2.45) is 0 Å². The summed E-state index contributed by atoms with van der Waals surface area (Å²) in [5.41, 5.74) is 1.95. The van der Waals surface area contributed by atoms with Gasteiger partial charge in [-0.3, -0.25) is 0 Å². The van der Waals surface area contributed by atoms with Crippen LogP contribution in [0.2, 0.25) is 0 Å². The van der Waals surface area contributed by atoms with Crippen LogP contribution >= 0.6 is 0 Å². The smallest absolute Gasteiger partial charge is 0.317 e. The minimum Gasteiger partial charge on any atom is -0.497 e. The van der Waals surface area contributed by atoms with E-state index in [-0.39, 0.29) is 11.8 Å². The van der Waals surface area contributed by atoms with Gasteiger partial charge in [-0.1, -0.05) is 24.3 Å². The summed E-state index contributed by atoms with van der Waals surface area (Å²) in [6.45, 7) is 1.06. The Hall–Kier alpha value is -2.56. The van der Waals surface area contributed by atoms with E-state index in [1.807, 2.05) is 30.3 Å². The summed E-state index contributed by atoms with van der Waals surface area (Å²) in [6, 6.07) is 14.1. The average Bonchev–Trinajstić information content (AvgIpc) is 2.58. The summed E-state index contributed by atoms with van der Waals surface area (Å²) in [6.07, 6.45) is 1.50. The summed E-state index contributed by atoms with van der Waals surface area (Å²) in [4.78, 5) is 13.7. The van der Waals surface area contributed by atoms with Crippen LogP contribution in [0.4, 0.5) is 9.18 Å². The molecule has 0 saturated carbocycles. The quantitative estimate of drug-likeness (QED) is 0.788. The van der Waals surface area contributed by atoms with E-state index in [0.717, 1.165) is 29.7 Å². The lowest BCUT2D eigenvalue weighted by Crippen LogP contribution is -2.37. The number of halogens is 1. The Balaban J connectivity index is 1.73. The predicted molar refractivity (Wildman–Crippen MR) is 92.6 cm³/mol. The van der Waals surface area contributed by atoms with Gasteiger partial charge >= 0.3 is 6.03 Å². The lowest BCUT2D eigenvalue weighted by molar-refractivity contribution is 0.206. The van der Waals surface area contributed by atoms with Crippen LogP contribution in [-0.2, 0) is 13.0 Å². The molecule has 0 aromatic heterocycles. The Labute approximate surface area is 142 Å². The molecule has 2 amide bonds. The van der Waals surface area contributed by atoms with Gasteiger partial charge in [0.1, 0.15) is 11.6 Å². The maximum atomic E-state index is 13.1. The number of amides is 2. The topological polar surface area (TPSA) is 41.6 Å². The van der Waals surface area contributed by atoms with Crippen molar-refractivity contribution in [2.45, 2.75) is 19.4 Å². The third-order valence-electron chi connectivity index (χ3n) is 3.71. The van der Waals surface area contributed by atoms with Gasteiger partial charge in [0.25, 0.3) is 0 Å². The fourth-order valence-electron chi connectivity index (χ4n) is 2.43. The number of nitrogens with zero attached hydrogens (tertiary/aromatic N) is 1. The summed E-state index contributed by atoms with van der Waals surface area (Å²) >= 11 is 0. The van der Waals surface area contributed by atoms with Gasteiger partial charge in [0.15, 0.2) is 0 Å². The zero-order valence-corrected chi connectivity index (χ0v) is 14.1. The highest BCUT2D eigenvalue weighted by molar-refractivity contribution is 5.73. The number of rotatable bonds is 7. The molecule has 2 aromatic carbocycles. The molecule has 0 aliphatic rings. The van der Waals surface area contributed by atoms with Crippen LogP contribution in [0.1, 0.15) is 17.5 Å². The van der Waals surface area contributed by atoms with E-state index in [1.165, 1.54) is 12.1 Å². The Morgan fingerprint density at radius 3 is 2.67 bits per heavy atom. The first-order valence-electron chi connectivity index (χ1n) is 7.95. The molecule has 5 heteroatoms. The fraction of sp³-hybridized carbons (Fsp3) is 0.316. The lowest BCUT2D eigenvalue weighted by Gasteiger charge is -2.18. The predicted octanol–water partition coefficient (Wildman–Crippen LogP) is 3.61. The average molecular weight is 330 g/mol. The molecule has 0 fully saturated rings. The van der Waals surface area contributed by atoms with E-state index < -0.39 is 0 Å². The molecule has 0 heterocycles. The van der Waals surface area contributed by atoms with Crippen LogP contribution < -0.4 is 10.1 Å². The number of hydrogen-bond donors (Lipinski definition) is 1. The Kier molecular flexibility index (Phi) is 6.61. The second kappa shape index (κ2) is 8.91. The van der Waals surface area contributed by atoms with Gasteiger partial charge in [-0.2, -0.15) is 0 Å². The molecular formula is C19H23FN2O2. The number of ether oxygens (including phenoxy) is 1. The van der Waals surface area contributed by atoms with E-state index >= 15 is 0 Å². The summed E-state index contributed by atoms with van der Waals surface area (Å²) in [5, 5.41) is 2.88. The van der Waals surface area contributed by atoms with E-state index in [4.69, 9.17) is 4.74 Å². The zero-order chi connectivity index (χ0) is 17.4. The summed E-state index contributed by atoms with van der Waals surface area (Å²) in [5.74, 6) is 0.547. The van der Waals surface area contributed by atoms with Crippen LogP contribution in [0.5, 0.6) is 5.75 Å². The monoisotopic (exact) mass is 330 g/mol. The van der Waals surface area contributed by atoms with Gasteiger partial charge in [0, 0.05) is 20.1 Å². The second-order valence-corrected chi connectivity index (χ2v) is 5.67. The van der Waals surface area contributed by atoms with E-state index in [2.05, 4.69) is 5.32 Å². The third kappa shape index (κ3) is 5.57. The number of methoxy groups -OCH3 is 1. The van der Waals surface area contributed by atoms with Crippen LogP contribution in [0.3, 0.4) is 0 Å². The van der Waals surface area contributed by atoms with Gasteiger partial charge in [0.2, 0.25) is 0 Å². The van der Waals surface area contributed by atoms with Gasteiger partial charge in [0.05, 0.1) is 7.11 Å².